The number of nitrogens with zero attached hydrogens (tertiary/aromatic N) is 3. The molecule has 0 fully saturated rings. The molecular weight excluding hydrogens is 318 g/mol. The third-order valence-electron chi connectivity index (χ3n) is 4.30. The largest absolute Gasteiger partial charge is 0.314 e. The van der Waals surface area contributed by atoms with Gasteiger partial charge in [0, 0.05) is 18.2 Å². The Kier molecular flexibility index (Phi) is 4.44. The maximum absolute atomic E-state index is 4.81. The minimum Gasteiger partial charge on any atom is -0.314 e. The fraction of sp³-hybridized carbons (Fsp3) is 0.0435. The first-order valence-electron chi connectivity index (χ1n) is 8.60. The lowest BCUT2D eigenvalue weighted by Gasteiger charge is -2.18. The van der Waals surface area contributed by atoms with Crippen LogP contribution in [0.3, 0.4) is 0 Å². The van der Waals surface area contributed by atoms with Crippen LogP contribution in [0.4, 0.5) is 11.6 Å². The van der Waals surface area contributed by atoms with Crippen molar-refractivity contribution in [2.24, 2.45) is 0 Å². The normalized spacial score (nSPS) is 10.5. The van der Waals surface area contributed by atoms with Crippen LogP contribution in [0.25, 0.3) is 22.5 Å². The summed E-state index contributed by atoms with van der Waals surface area (Å²) in [6.07, 6.45) is 0. The summed E-state index contributed by atoms with van der Waals surface area (Å²) in [4.78, 5) is 11.6. The molecule has 0 amide bonds. The number of hydrogen-bond acceptors (Lipinski definition) is 3. The van der Waals surface area contributed by atoms with Crippen molar-refractivity contribution in [2.45, 2.75) is 0 Å². The molecule has 3 nitrogen and oxygen atoms in total. The van der Waals surface area contributed by atoms with E-state index >= 15 is 0 Å². The van der Waals surface area contributed by atoms with E-state index in [2.05, 4.69) is 24.3 Å². The zero-order chi connectivity index (χ0) is 17.8. The van der Waals surface area contributed by atoms with Crippen LogP contribution >= 0.6 is 0 Å². The van der Waals surface area contributed by atoms with Crippen molar-refractivity contribution in [1.29, 1.82) is 0 Å². The van der Waals surface area contributed by atoms with Gasteiger partial charge < -0.3 is 4.90 Å². The highest BCUT2D eigenvalue weighted by Gasteiger charge is 2.09. The minimum absolute atomic E-state index is 0.865. The van der Waals surface area contributed by atoms with Gasteiger partial charge >= 0.3 is 0 Å². The number of hydrogen-bond donors (Lipinski definition) is 0. The van der Waals surface area contributed by atoms with Crippen molar-refractivity contribution in [3.05, 3.63) is 97.1 Å². The molecule has 0 N–H and O–H groups in total. The summed E-state index contributed by atoms with van der Waals surface area (Å²) in [5, 5.41) is 0. The number of benzene rings is 2. The second-order valence-electron chi connectivity index (χ2n) is 6.05. The van der Waals surface area contributed by atoms with E-state index in [0.29, 0.717) is 0 Å². The van der Waals surface area contributed by atoms with Crippen LogP contribution in [-0.4, -0.2) is 17.0 Å². The Morgan fingerprint density at radius 2 is 0.923 bits per heavy atom. The monoisotopic (exact) mass is 337 g/mol. The van der Waals surface area contributed by atoms with Crippen LogP contribution in [0.5, 0.6) is 0 Å². The molecule has 26 heavy (non-hydrogen) atoms. The van der Waals surface area contributed by atoms with Gasteiger partial charge in [0.25, 0.3) is 0 Å². The topological polar surface area (TPSA) is 29.0 Å². The maximum Gasteiger partial charge on any atom is 0.134 e. The maximum atomic E-state index is 4.81. The van der Waals surface area contributed by atoms with Gasteiger partial charge in [-0.3, -0.25) is 0 Å². The van der Waals surface area contributed by atoms with Gasteiger partial charge in [0.05, 0.1) is 11.4 Å². The third-order valence-corrected chi connectivity index (χ3v) is 4.30. The van der Waals surface area contributed by atoms with Gasteiger partial charge in [-0.2, -0.15) is 0 Å². The van der Waals surface area contributed by atoms with Gasteiger partial charge in [0.1, 0.15) is 11.6 Å². The molecule has 2 heterocycles. The van der Waals surface area contributed by atoms with E-state index in [9.17, 15) is 0 Å². The van der Waals surface area contributed by atoms with Crippen molar-refractivity contribution in [1.82, 2.24) is 9.97 Å². The Morgan fingerprint density at radius 1 is 0.500 bits per heavy atom. The summed E-state index contributed by atoms with van der Waals surface area (Å²) in [5.74, 6) is 1.73. The molecule has 0 spiro atoms. The lowest BCUT2D eigenvalue weighted by atomic mass is 10.1. The smallest absolute Gasteiger partial charge is 0.134 e. The van der Waals surface area contributed by atoms with Crippen LogP contribution in [-0.2, 0) is 0 Å². The predicted octanol–water partition coefficient (Wildman–Crippen LogP) is 5.58. The summed E-state index contributed by atoms with van der Waals surface area (Å²) in [6, 6.07) is 32.5. The van der Waals surface area contributed by atoms with E-state index in [0.717, 1.165) is 34.2 Å². The molecule has 0 aliphatic heterocycles. The lowest BCUT2D eigenvalue weighted by molar-refractivity contribution is 1.08. The summed E-state index contributed by atoms with van der Waals surface area (Å²) in [6.45, 7) is 0. The fourth-order valence-electron chi connectivity index (χ4n) is 2.88. The summed E-state index contributed by atoms with van der Waals surface area (Å²) in [7, 11) is 1.99. The zero-order valence-electron chi connectivity index (χ0n) is 14.6. The van der Waals surface area contributed by atoms with Crippen LogP contribution in [0.1, 0.15) is 0 Å². The van der Waals surface area contributed by atoms with Gasteiger partial charge in [0.15, 0.2) is 0 Å². The second-order valence-corrected chi connectivity index (χ2v) is 6.05. The predicted molar refractivity (Wildman–Crippen MR) is 107 cm³/mol. The number of anilines is 2. The van der Waals surface area contributed by atoms with Crippen LogP contribution in [0, 0.1) is 0 Å². The van der Waals surface area contributed by atoms with Gasteiger partial charge in [-0.15, -0.1) is 0 Å². The Bertz CT molecular complexity index is 915. The van der Waals surface area contributed by atoms with Crippen molar-refractivity contribution >= 4 is 11.6 Å². The Labute approximate surface area is 153 Å². The molecule has 0 unspecified atom stereocenters. The molecular formula is C23H19N3. The van der Waals surface area contributed by atoms with E-state index in [1.807, 2.05) is 84.7 Å². The van der Waals surface area contributed by atoms with Gasteiger partial charge in [-0.1, -0.05) is 72.8 Å². The Morgan fingerprint density at radius 3 is 1.35 bits per heavy atom. The third kappa shape index (κ3) is 3.33. The first-order valence-corrected chi connectivity index (χ1v) is 8.60. The van der Waals surface area contributed by atoms with E-state index in [1.54, 1.807) is 0 Å². The Balaban J connectivity index is 1.67. The molecule has 2 aromatic carbocycles. The highest BCUT2D eigenvalue weighted by molar-refractivity contribution is 5.66. The van der Waals surface area contributed by atoms with Crippen LogP contribution < -0.4 is 4.90 Å². The highest BCUT2D eigenvalue weighted by Crippen LogP contribution is 2.26. The molecule has 0 bridgehead atoms. The summed E-state index contributed by atoms with van der Waals surface area (Å²) < 4.78 is 0. The SMILES string of the molecule is CN(c1cccc(-c2ccccc2)n1)c1cccc(-c2ccccc2)n1. The summed E-state index contributed by atoms with van der Waals surface area (Å²) >= 11 is 0. The first kappa shape index (κ1) is 16.0. The highest BCUT2D eigenvalue weighted by atomic mass is 15.2. The van der Waals surface area contributed by atoms with E-state index in [4.69, 9.17) is 9.97 Å². The second kappa shape index (κ2) is 7.19. The molecule has 0 atom stereocenters. The van der Waals surface area contributed by atoms with Crippen molar-refractivity contribution in [3.8, 4) is 22.5 Å². The molecule has 4 rings (SSSR count). The van der Waals surface area contributed by atoms with Crippen LogP contribution in [0.2, 0.25) is 0 Å². The van der Waals surface area contributed by atoms with Gasteiger partial charge in [-0.05, 0) is 24.3 Å². The van der Waals surface area contributed by atoms with Crippen molar-refractivity contribution in [3.63, 3.8) is 0 Å². The molecule has 3 heteroatoms. The minimum atomic E-state index is 0.865. The Hall–Kier alpha value is -3.46. The number of aromatic nitrogens is 2. The molecule has 0 saturated carbocycles. The standard InChI is InChI=1S/C23H19N3/c1-26(22-16-8-14-20(24-22)18-10-4-2-5-11-18)23-17-9-15-21(25-23)19-12-6-3-7-13-19/h2-17H,1H3. The summed E-state index contributed by atoms with van der Waals surface area (Å²) in [5.41, 5.74) is 4.12. The lowest BCUT2D eigenvalue weighted by Crippen LogP contribution is -2.13. The molecule has 126 valence electrons. The van der Waals surface area contributed by atoms with Gasteiger partial charge in [-0.25, -0.2) is 9.97 Å². The molecule has 0 aliphatic carbocycles. The average molecular weight is 337 g/mol. The quantitative estimate of drug-likeness (QED) is 0.487. The first-order chi connectivity index (χ1) is 12.8. The van der Waals surface area contributed by atoms with Crippen molar-refractivity contribution in [2.75, 3.05) is 11.9 Å². The van der Waals surface area contributed by atoms with Crippen molar-refractivity contribution < 1.29 is 0 Å². The van der Waals surface area contributed by atoms with Crippen LogP contribution in [0.15, 0.2) is 97.1 Å². The fourth-order valence-corrected chi connectivity index (χ4v) is 2.88. The van der Waals surface area contributed by atoms with E-state index in [1.165, 1.54) is 0 Å². The average Bonchev–Trinajstić information content (AvgIpc) is 2.75. The molecule has 2 aromatic heterocycles. The van der Waals surface area contributed by atoms with Gasteiger partial charge in [0.2, 0.25) is 0 Å². The number of rotatable bonds is 4. The molecule has 4 aromatic rings. The molecule has 0 radical (unpaired) electrons. The van der Waals surface area contributed by atoms with E-state index in [-0.39, 0.29) is 0 Å². The number of pyridine rings is 2. The molecule has 0 aliphatic rings. The zero-order valence-corrected chi connectivity index (χ0v) is 14.6. The van der Waals surface area contributed by atoms with E-state index < -0.39 is 0 Å². The molecule has 0 saturated heterocycles.